The topological polar surface area (TPSA) is 57.5 Å². The first-order chi connectivity index (χ1) is 11.3. The Kier molecular flexibility index (Phi) is 5.23. The molecule has 3 nitrogen and oxygen atoms in total. The van der Waals surface area contributed by atoms with Crippen molar-refractivity contribution >= 4 is 12.7 Å². The quantitative estimate of drug-likeness (QED) is 0.750. The minimum absolute atomic E-state index is 0.0590. The predicted molar refractivity (Wildman–Crippen MR) is 105 cm³/mol. The molecule has 1 unspecified atom stereocenters. The molecule has 0 saturated carbocycles. The summed E-state index contributed by atoms with van der Waals surface area (Å²) in [7, 11) is -3.51. The minimum atomic E-state index is -3.51. The van der Waals surface area contributed by atoms with Crippen molar-refractivity contribution in [2.24, 2.45) is 0 Å². The Bertz CT molecular complexity index is 761. The monoisotopic (exact) mass is 360 g/mol. The van der Waals surface area contributed by atoms with Gasteiger partial charge in [0, 0.05) is 5.30 Å². The van der Waals surface area contributed by atoms with Crippen LogP contribution >= 0.6 is 7.37 Å². The molecule has 0 fully saturated rings. The Morgan fingerprint density at radius 2 is 1.32 bits per heavy atom. The van der Waals surface area contributed by atoms with Gasteiger partial charge < -0.3 is 10.00 Å². The first kappa shape index (κ1) is 19.8. The van der Waals surface area contributed by atoms with Gasteiger partial charge in [-0.1, -0.05) is 71.9 Å². The summed E-state index contributed by atoms with van der Waals surface area (Å²) < 4.78 is 12.9. The molecule has 25 heavy (non-hydrogen) atoms. The summed E-state index contributed by atoms with van der Waals surface area (Å²) in [6.07, 6.45) is 0.0590. The summed E-state index contributed by atoms with van der Waals surface area (Å²) in [5.41, 5.74) is 1.88. The fourth-order valence-electron chi connectivity index (χ4n) is 2.93. The van der Waals surface area contributed by atoms with Gasteiger partial charge in [0.25, 0.3) is 0 Å². The molecule has 136 valence electrons. The highest BCUT2D eigenvalue weighted by Gasteiger charge is 2.29. The van der Waals surface area contributed by atoms with E-state index in [1.165, 1.54) is 0 Å². The third-order valence-corrected chi connectivity index (χ3v) is 6.24. The second-order valence-electron chi connectivity index (χ2n) is 8.73. The van der Waals surface area contributed by atoms with Gasteiger partial charge in [-0.05, 0) is 39.7 Å². The molecule has 2 aromatic rings. The molecule has 1 atom stereocenters. The summed E-state index contributed by atoms with van der Waals surface area (Å²) in [5, 5.41) is 11.2. The van der Waals surface area contributed by atoms with Gasteiger partial charge in [0.15, 0.2) is 0 Å². The van der Waals surface area contributed by atoms with Crippen molar-refractivity contribution in [3.05, 3.63) is 59.2 Å². The van der Waals surface area contributed by atoms with E-state index in [9.17, 15) is 14.6 Å². The molecule has 0 aliphatic rings. The third kappa shape index (κ3) is 4.54. The summed E-state index contributed by atoms with van der Waals surface area (Å²) in [6, 6.07) is 12.5. The van der Waals surface area contributed by atoms with Crippen LogP contribution in [-0.4, -0.2) is 10.00 Å². The predicted octanol–water partition coefficient (Wildman–Crippen LogP) is 5.08. The van der Waals surface area contributed by atoms with E-state index >= 15 is 0 Å². The van der Waals surface area contributed by atoms with Crippen molar-refractivity contribution in [1.29, 1.82) is 0 Å². The molecular weight excluding hydrogens is 331 g/mol. The zero-order valence-electron chi connectivity index (χ0n) is 16.0. The summed E-state index contributed by atoms with van der Waals surface area (Å²) in [5.74, 6) is 0.288. The average Bonchev–Trinajstić information content (AvgIpc) is 2.47. The summed E-state index contributed by atoms with van der Waals surface area (Å²) in [4.78, 5) is 10.6. The smallest absolute Gasteiger partial charge is 0.233 e. The molecule has 0 amide bonds. The van der Waals surface area contributed by atoms with E-state index in [-0.39, 0.29) is 22.7 Å². The van der Waals surface area contributed by atoms with Gasteiger partial charge in [-0.15, -0.1) is 0 Å². The fourth-order valence-corrected chi connectivity index (χ4v) is 4.43. The van der Waals surface area contributed by atoms with Crippen LogP contribution in [0.2, 0.25) is 0 Å². The van der Waals surface area contributed by atoms with Crippen molar-refractivity contribution < 1.29 is 14.6 Å². The second-order valence-corrected chi connectivity index (χ2v) is 11.0. The van der Waals surface area contributed by atoms with Crippen LogP contribution in [0, 0.1) is 0 Å². The van der Waals surface area contributed by atoms with Gasteiger partial charge in [0.05, 0.1) is 6.16 Å². The average molecular weight is 360 g/mol. The van der Waals surface area contributed by atoms with E-state index < -0.39 is 7.37 Å². The third-order valence-electron chi connectivity index (χ3n) is 4.34. The lowest BCUT2D eigenvalue weighted by atomic mass is 9.78. The first-order valence-electron chi connectivity index (χ1n) is 8.56. The molecule has 0 heterocycles. The highest BCUT2D eigenvalue weighted by Crippen LogP contribution is 2.46. The zero-order valence-corrected chi connectivity index (χ0v) is 16.9. The lowest BCUT2D eigenvalue weighted by molar-refractivity contribution is 0.422. The van der Waals surface area contributed by atoms with Gasteiger partial charge >= 0.3 is 0 Å². The zero-order chi connectivity index (χ0) is 19.0. The Labute approximate surface area is 151 Å². The molecule has 2 aromatic carbocycles. The number of phenolic OH excluding ortho intramolecular Hbond substituents is 1. The summed E-state index contributed by atoms with van der Waals surface area (Å²) in [6.45, 7) is 12.2. The Hall–Kier alpha value is -1.57. The van der Waals surface area contributed by atoms with E-state index in [0.29, 0.717) is 5.30 Å². The van der Waals surface area contributed by atoms with Crippen molar-refractivity contribution in [3.8, 4) is 5.75 Å². The van der Waals surface area contributed by atoms with Crippen LogP contribution in [-0.2, 0) is 21.6 Å². The maximum atomic E-state index is 12.9. The number of hydrogen-bond acceptors (Lipinski definition) is 2. The molecule has 0 aliphatic heterocycles. The molecular formula is C21H29O3P. The van der Waals surface area contributed by atoms with Crippen LogP contribution in [0.15, 0.2) is 42.5 Å². The van der Waals surface area contributed by atoms with Gasteiger partial charge in [-0.3, -0.25) is 4.57 Å². The normalized spacial score (nSPS) is 15.0. The molecule has 2 N–H and O–H groups in total. The lowest BCUT2D eigenvalue weighted by Gasteiger charge is -2.28. The van der Waals surface area contributed by atoms with E-state index in [1.54, 1.807) is 24.3 Å². The van der Waals surface area contributed by atoms with Crippen LogP contribution in [0.1, 0.15) is 58.2 Å². The van der Waals surface area contributed by atoms with E-state index in [2.05, 4.69) is 0 Å². The van der Waals surface area contributed by atoms with Crippen LogP contribution in [0.4, 0.5) is 0 Å². The Balaban J connectivity index is 2.57. The Morgan fingerprint density at radius 3 is 1.72 bits per heavy atom. The molecule has 0 spiro atoms. The lowest BCUT2D eigenvalue weighted by Crippen LogP contribution is -2.18. The maximum absolute atomic E-state index is 12.9. The number of aromatic hydroxyl groups is 1. The molecule has 0 bridgehead atoms. The van der Waals surface area contributed by atoms with Gasteiger partial charge in [-0.2, -0.15) is 0 Å². The van der Waals surface area contributed by atoms with Crippen molar-refractivity contribution in [2.75, 3.05) is 0 Å². The summed E-state index contributed by atoms with van der Waals surface area (Å²) >= 11 is 0. The standard InChI is InChI=1S/C21H29O3P/c1-20(2,3)17-12-15(13-18(19(17)22)21(4,5)6)14-25(23,24)16-10-8-7-9-11-16/h7-13,22H,14H2,1-6H3,(H,23,24). The van der Waals surface area contributed by atoms with Crippen molar-refractivity contribution in [1.82, 2.24) is 0 Å². The number of hydrogen-bond donors (Lipinski definition) is 2. The van der Waals surface area contributed by atoms with Gasteiger partial charge in [-0.25, -0.2) is 0 Å². The SMILES string of the molecule is CC(C)(C)c1cc(CP(=O)(O)c2ccccc2)cc(C(C)(C)C)c1O. The molecule has 0 radical (unpaired) electrons. The van der Waals surface area contributed by atoms with Crippen LogP contribution in [0.25, 0.3) is 0 Å². The van der Waals surface area contributed by atoms with Crippen molar-refractivity contribution in [3.63, 3.8) is 0 Å². The van der Waals surface area contributed by atoms with E-state index in [1.807, 2.05) is 59.7 Å². The molecule has 0 aromatic heterocycles. The first-order valence-corrected chi connectivity index (χ1v) is 10.4. The largest absolute Gasteiger partial charge is 0.507 e. The molecule has 4 heteroatoms. The van der Waals surface area contributed by atoms with Gasteiger partial charge in [0.1, 0.15) is 5.75 Å². The van der Waals surface area contributed by atoms with E-state index in [0.717, 1.165) is 16.7 Å². The number of benzene rings is 2. The van der Waals surface area contributed by atoms with Crippen LogP contribution in [0.5, 0.6) is 5.75 Å². The molecule has 0 saturated heterocycles. The minimum Gasteiger partial charge on any atom is -0.507 e. The van der Waals surface area contributed by atoms with Crippen LogP contribution < -0.4 is 5.30 Å². The van der Waals surface area contributed by atoms with Gasteiger partial charge in [0.2, 0.25) is 7.37 Å². The fraction of sp³-hybridized carbons (Fsp3) is 0.429. The van der Waals surface area contributed by atoms with Crippen LogP contribution in [0.3, 0.4) is 0 Å². The van der Waals surface area contributed by atoms with E-state index in [4.69, 9.17) is 0 Å². The number of phenols is 1. The van der Waals surface area contributed by atoms with Crippen molar-refractivity contribution in [2.45, 2.75) is 58.5 Å². The highest BCUT2D eigenvalue weighted by atomic mass is 31.2. The second kappa shape index (κ2) is 6.63. The molecule has 0 aliphatic carbocycles. The highest BCUT2D eigenvalue weighted by molar-refractivity contribution is 7.65. The number of rotatable bonds is 3. The molecule has 2 rings (SSSR count). The Morgan fingerprint density at radius 1 is 0.880 bits per heavy atom. The maximum Gasteiger partial charge on any atom is 0.233 e.